The number of rotatable bonds is 6. The van der Waals surface area contributed by atoms with Crippen LogP contribution in [0.2, 0.25) is 0 Å². The SMILES string of the molecule is CCCc1nnsc1C(=O)NC[C@@H](O)c1ccoc1. The van der Waals surface area contributed by atoms with E-state index in [0.29, 0.717) is 16.1 Å². The van der Waals surface area contributed by atoms with Gasteiger partial charge in [-0.2, -0.15) is 0 Å². The maximum absolute atomic E-state index is 12.0. The quantitative estimate of drug-likeness (QED) is 0.838. The molecule has 0 aliphatic rings. The van der Waals surface area contributed by atoms with Crippen LogP contribution in [0, 0.1) is 0 Å². The predicted octanol–water partition coefficient (Wildman–Crippen LogP) is 1.55. The Morgan fingerprint density at radius 2 is 2.47 bits per heavy atom. The summed E-state index contributed by atoms with van der Waals surface area (Å²) < 4.78 is 8.67. The Kier molecular flexibility index (Phi) is 4.64. The van der Waals surface area contributed by atoms with Crippen molar-refractivity contribution >= 4 is 17.4 Å². The molecule has 2 rings (SSSR count). The van der Waals surface area contributed by atoms with Gasteiger partial charge in [0.25, 0.3) is 5.91 Å². The molecule has 7 heteroatoms. The summed E-state index contributed by atoms with van der Waals surface area (Å²) >= 11 is 1.07. The number of aromatic nitrogens is 2. The highest BCUT2D eigenvalue weighted by Gasteiger charge is 2.17. The molecule has 1 atom stereocenters. The molecule has 2 aromatic rings. The normalized spacial score (nSPS) is 12.3. The van der Waals surface area contributed by atoms with Gasteiger partial charge in [-0.05, 0) is 24.0 Å². The van der Waals surface area contributed by atoms with E-state index < -0.39 is 6.10 Å². The van der Waals surface area contributed by atoms with Crippen LogP contribution in [0.1, 0.15) is 40.4 Å². The summed E-state index contributed by atoms with van der Waals surface area (Å²) in [5.41, 5.74) is 1.35. The number of nitrogens with one attached hydrogen (secondary N) is 1. The lowest BCUT2D eigenvalue weighted by molar-refractivity contribution is 0.0919. The summed E-state index contributed by atoms with van der Waals surface area (Å²) in [5.74, 6) is -0.249. The highest BCUT2D eigenvalue weighted by molar-refractivity contribution is 7.08. The lowest BCUT2D eigenvalue weighted by Gasteiger charge is -2.09. The van der Waals surface area contributed by atoms with Crippen LogP contribution in [-0.2, 0) is 6.42 Å². The van der Waals surface area contributed by atoms with Gasteiger partial charge in [0.15, 0.2) is 0 Å². The maximum Gasteiger partial charge on any atom is 0.265 e. The average molecular weight is 281 g/mol. The molecule has 2 N–H and O–H groups in total. The molecule has 6 nitrogen and oxygen atoms in total. The predicted molar refractivity (Wildman–Crippen MR) is 69.9 cm³/mol. The van der Waals surface area contributed by atoms with Crippen molar-refractivity contribution in [1.29, 1.82) is 0 Å². The van der Waals surface area contributed by atoms with Crippen molar-refractivity contribution in [3.05, 3.63) is 34.7 Å². The number of hydrogen-bond donors (Lipinski definition) is 2. The van der Waals surface area contributed by atoms with Crippen LogP contribution in [-0.4, -0.2) is 27.1 Å². The van der Waals surface area contributed by atoms with Crippen LogP contribution in [0.4, 0.5) is 0 Å². The third-order valence-electron chi connectivity index (χ3n) is 2.63. The van der Waals surface area contributed by atoms with Crippen molar-refractivity contribution in [2.75, 3.05) is 6.54 Å². The molecule has 2 aromatic heterocycles. The molecule has 0 saturated heterocycles. The molecular weight excluding hydrogens is 266 g/mol. The van der Waals surface area contributed by atoms with Gasteiger partial charge >= 0.3 is 0 Å². The number of aliphatic hydroxyl groups excluding tert-OH is 1. The smallest absolute Gasteiger partial charge is 0.265 e. The van der Waals surface area contributed by atoms with E-state index in [9.17, 15) is 9.90 Å². The van der Waals surface area contributed by atoms with Crippen molar-refractivity contribution in [2.45, 2.75) is 25.9 Å². The first-order valence-corrected chi connectivity index (χ1v) is 6.79. The molecule has 0 fully saturated rings. The van der Waals surface area contributed by atoms with Crippen molar-refractivity contribution in [3.8, 4) is 0 Å². The third-order valence-corrected chi connectivity index (χ3v) is 3.40. The first-order valence-electron chi connectivity index (χ1n) is 6.02. The van der Waals surface area contributed by atoms with Crippen LogP contribution in [0.3, 0.4) is 0 Å². The Bertz CT molecular complexity index is 524. The fourth-order valence-electron chi connectivity index (χ4n) is 1.63. The monoisotopic (exact) mass is 281 g/mol. The lowest BCUT2D eigenvalue weighted by atomic mass is 10.2. The van der Waals surface area contributed by atoms with Gasteiger partial charge in [-0.15, -0.1) is 5.10 Å². The summed E-state index contributed by atoms with van der Waals surface area (Å²) in [4.78, 5) is 12.5. The number of nitrogens with zero attached hydrogens (tertiary/aromatic N) is 2. The Morgan fingerprint density at radius 3 is 3.16 bits per heavy atom. The van der Waals surface area contributed by atoms with Crippen LogP contribution in [0.15, 0.2) is 23.0 Å². The van der Waals surface area contributed by atoms with E-state index in [2.05, 4.69) is 14.9 Å². The number of carbonyl (C=O) groups excluding carboxylic acids is 1. The zero-order valence-electron chi connectivity index (χ0n) is 10.5. The second kappa shape index (κ2) is 6.44. The lowest BCUT2D eigenvalue weighted by Crippen LogP contribution is -2.28. The largest absolute Gasteiger partial charge is 0.472 e. The number of aryl methyl sites for hydroxylation is 1. The Labute approximate surface area is 114 Å². The number of carbonyl (C=O) groups is 1. The third kappa shape index (κ3) is 3.39. The molecule has 0 saturated carbocycles. The molecule has 2 heterocycles. The van der Waals surface area contributed by atoms with Gasteiger partial charge < -0.3 is 14.8 Å². The van der Waals surface area contributed by atoms with E-state index >= 15 is 0 Å². The standard InChI is InChI=1S/C12H15N3O3S/c1-2-3-9-11(19-15-14-9)12(17)13-6-10(16)8-4-5-18-7-8/h4-5,7,10,16H,2-3,6H2,1H3,(H,13,17)/t10-/m1/s1. The van der Waals surface area contributed by atoms with Gasteiger partial charge in [0, 0.05) is 12.1 Å². The summed E-state index contributed by atoms with van der Waals surface area (Å²) in [5, 5.41) is 16.4. The van der Waals surface area contributed by atoms with Gasteiger partial charge in [0.2, 0.25) is 0 Å². The fraction of sp³-hybridized carbons (Fsp3) is 0.417. The number of amides is 1. The Hall–Kier alpha value is -1.73. The van der Waals surface area contributed by atoms with Crippen LogP contribution < -0.4 is 5.32 Å². The van der Waals surface area contributed by atoms with Gasteiger partial charge in [0.1, 0.15) is 4.88 Å². The minimum atomic E-state index is -0.779. The fourth-order valence-corrected chi connectivity index (χ4v) is 2.26. The molecule has 0 unspecified atom stereocenters. The topological polar surface area (TPSA) is 88.2 Å². The molecule has 0 aromatic carbocycles. The molecule has 19 heavy (non-hydrogen) atoms. The van der Waals surface area contributed by atoms with Crippen molar-refractivity contribution in [2.24, 2.45) is 0 Å². The first-order chi connectivity index (χ1) is 9.22. The Balaban J connectivity index is 1.92. The Morgan fingerprint density at radius 1 is 1.63 bits per heavy atom. The van der Waals surface area contributed by atoms with E-state index in [1.165, 1.54) is 12.5 Å². The van der Waals surface area contributed by atoms with Gasteiger partial charge in [0.05, 0.1) is 24.3 Å². The van der Waals surface area contributed by atoms with Crippen LogP contribution in [0.5, 0.6) is 0 Å². The van der Waals surface area contributed by atoms with Crippen LogP contribution in [0.25, 0.3) is 0 Å². The zero-order valence-corrected chi connectivity index (χ0v) is 11.3. The van der Waals surface area contributed by atoms with Crippen molar-refractivity contribution in [1.82, 2.24) is 14.9 Å². The summed E-state index contributed by atoms with van der Waals surface area (Å²) in [6.45, 7) is 2.14. The van der Waals surface area contributed by atoms with Crippen molar-refractivity contribution in [3.63, 3.8) is 0 Å². The van der Waals surface area contributed by atoms with E-state index in [-0.39, 0.29) is 12.5 Å². The molecule has 102 valence electrons. The molecule has 0 radical (unpaired) electrons. The number of furan rings is 1. The molecular formula is C12H15N3O3S. The van der Waals surface area contributed by atoms with E-state index in [1.54, 1.807) is 6.07 Å². The number of hydrogen-bond acceptors (Lipinski definition) is 6. The second-order valence-electron chi connectivity index (χ2n) is 4.08. The average Bonchev–Trinajstić information content (AvgIpc) is 3.06. The summed E-state index contributed by atoms with van der Waals surface area (Å²) in [7, 11) is 0. The highest BCUT2D eigenvalue weighted by Crippen LogP contribution is 2.14. The maximum atomic E-state index is 12.0. The molecule has 0 aliphatic carbocycles. The van der Waals surface area contributed by atoms with Gasteiger partial charge in [-0.3, -0.25) is 4.79 Å². The summed E-state index contributed by atoms with van der Waals surface area (Å²) in [6, 6.07) is 1.66. The van der Waals surface area contributed by atoms with E-state index in [0.717, 1.165) is 24.4 Å². The van der Waals surface area contributed by atoms with Gasteiger partial charge in [-0.25, -0.2) is 0 Å². The van der Waals surface area contributed by atoms with Crippen LogP contribution >= 0.6 is 11.5 Å². The molecule has 0 spiro atoms. The van der Waals surface area contributed by atoms with Crippen molar-refractivity contribution < 1.29 is 14.3 Å². The zero-order chi connectivity index (χ0) is 13.7. The highest BCUT2D eigenvalue weighted by atomic mass is 32.1. The minimum Gasteiger partial charge on any atom is -0.472 e. The molecule has 0 aliphatic heterocycles. The second-order valence-corrected chi connectivity index (χ2v) is 4.84. The molecule has 0 bridgehead atoms. The van der Waals surface area contributed by atoms with Gasteiger partial charge in [-0.1, -0.05) is 17.8 Å². The molecule has 1 amide bonds. The number of aliphatic hydroxyl groups is 1. The minimum absolute atomic E-state index is 0.127. The van der Waals surface area contributed by atoms with E-state index in [4.69, 9.17) is 4.42 Å². The first kappa shape index (κ1) is 13.7. The summed E-state index contributed by atoms with van der Waals surface area (Å²) in [6.07, 6.45) is 3.78. The van der Waals surface area contributed by atoms with E-state index in [1.807, 2.05) is 6.92 Å².